The maximum Gasteiger partial charge on any atom is 0.213 e. The molecule has 0 amide bonds. The Bertz CT molecular complexity index is 546. The summed E-state index contributed by atoms with van der Waals surface area (Å²) in [5.74, 6) is 1.71. The van der Waals surface area contributed by atoms with Crippen molar-refractivity contribution in [2.75, 3.05) is 0 Å². The van der Waals surface area contributed by atoms with Gasteiger partial charge in [0.1, 0.15) is 0 Å². The number of fused-ring (bicyclic) bond motifs is 5. The summed E-state index contributed by atoms with van der Waals surface area (Å²) in [6.45, 7) is 4.56. The molecule has 4 aliphatic carbocycles. The molecule has 4 fully saturated rings. The second-order valence-electron chi connectivity index (χ2n) is 9.91. The number of rotatable bonds is 2. The number of aliphatic hydroxyl groups excluding tert-OH is 2. The Kier molecular flexibility index (Phi) is 4.33. The molecule has 4 aliphatic rings. The van der Waals surface area contributed by atoms with Gasteiger partial charge < -0.3 is 15.3 Å². The van der Waals surface area contributed by atoms with Gasteiger partial charge in [0.05, 0.1) is 6.10 Å². The van der Waals surface area contributed by atoms with E-state index in [1.54, 1.807) is 0 Å². The Balaban J connectivity index is 1.63. The van der Waals surface area contributed by atoms with Crippen LogP contribution < -0.4 is 0 Å². The Labute approximate surface area is 151 Å². The second-order valence-corrected chi connectivity index (χ2v) is 9.91. The van der Waals surface area contributed by atoms with Crippen molar-refractivity contribution in [3.63, 3.8) is 0 Å². The summed E-state index contributed by atoms with van der Waals surface area (Å²) in [5.41, 5.74) is -0.0497. The van der Waals surface area contributed by atoms with Crippen molar-refractivity contribution < 1.29 is 20.1 Å². The second kappa shape index (κ2) is 6.03. The molecule has 0 spiro atoms. The van der Waals surface area contributed by atoms with E-state index in [1.165, 1.54) is 19.3 Å². The van der Waals surface area contributed by atoms with Gasteiger partial charge in [-0.05, 0) is 85.9 Å². The van der Waals surface area contributed by atoms with E-state index >= 15 is 0 Å². The summed E-state index contributed by atoms with van der Waals surface area (Å²) in [5, 5.41) is 29.7. The monoisotopic (exact) mass is 350 g/mol. The molecule has 0 aliphatic heterocycles. The van der Waals surface area contributed by atoms with Gasteiger partial charge in [0.25, 0.3) is 0 Å². The van der Waals surface area contributed by atoms with Crippen molar-refractivity contribution in [2.24, 2.45) is 40.4 Å². The first-order chi connectivity index (χ1) is 11.8. The smallest absolute Gasteiger partial charge is 0.213 e. The van der Waals surface area contributed by atoms with Crippen LogP contribution in [0, 0.1) is 40.4 Å². The van der Waals surface area contributed by atoms with E-state index < -0.39 is 6.29 Å². The lowest BCUT2D eigenvalue weighted by Crippen LogP contribution is -2.57. The molecule has 0 heterocycles. The van der Waals surface area contributed by atoms with Crippen LogP contribution in [0.15, 0.2) is 0 Å². The fourth-order valence-electron chi connectivity index (χ4n) is 7.96. The highest BCUT2D eigenvalue weighted by molar-refractivity contribution is 5.84. The highest BCUT2D eigenvalue weighted by Crippen LogP contribution is 2.67. The number of carbonyl (C=O) groups excluding carboxylic acids is 1. The third-order valence-electron chi connectivity index (χ3n) is 9.31. The molecule has 4 rings (SSSR count). The maximum atomic E-state index is 12.4. The standard InChI is InChI=1S/C21H34O4/c1-20-11-10-15-13(14(20)8-9-16(20)18(23)19(24)25)7-6-12-4-3-5-17(22)21(12,15)2/h12-17,19,22,24-25H,3-11H2,1-2H3/t12-,13+,14+,15+,16-,17?,20+,21+/m1/s1. The molecule has 0 aromatic carbocycles. The number of hydrogen-bond donors (Lipinski definition) is 3. The van der Waals surface area contributed by atoms with Crippen LogP contribution in [0.25, 0.3) is 0 Å². The average molecular weight is 350 g/mol. The van der Waals surface area contributed by atoms with E-state index in [0.717, 1.165) is 38.5 Å². The topological polar surface area (TPSA) is 77.8 Å². The molecule has 4 heteroatoms. The molecule has 25 heavy (non-hydrogen) atoms. The first-order valence-corrected chi connectivity index (χ1v) is 10.4. The third-order valence-corrected chi connectivity index (χ3v) is 9.31. The van der Waals surface area contributed by atoms with Crippen molar-refractivity contribution in [3.8, 4) is 0 Å². The van der Waals surface area contributed by atoms with Gasteiger partial charge in [-0.3, -0.25) is 4.79 Å². The Morgan fingerprint density at radius 3 is 2.44 bits per heavy atom. The first-order valence-electron chi connectivity index (χ1n) is 10.4. The molecule has 4 nitrogen and oxygen atoms in total. The molecule has 142 valence electrons. The van der Waals surface area contributed by atoms with Crippen LogP contribution in [0.2, 0.25) is 0 Å². The maximum absolute atomic E-state index is 12.4. The fourth-order valence-corrected chi connectivity index (χ4v) is 7.96. The number of aliphatic hydroxyl groups is 3. The van der Waals surface area contributed by atoms with Crippen LogP contribution in [0.5, 0.6) is 0 Å². The summed E-state index contributed by atoms with van der Waals surface area (Å²) in [4.78, 5) is 12.4. The summed E-state index contributed by atoms with van der Waals surface area (Å²) in [6, 6.07) is 0. The van der Waals surface area contributed by atoms with Crippen LogP contribution in [0.3, 0.4) is 0 Å². The molecular weight excluding hydrogens is 316 g/mol. The lowest BCUT2D eigenvalue weighted by molar-refractivity contribution is -0.171. The summed E-state index contributed by atoms with van der Waals surface area (Å²) >= 11 is 0. The van der Waals surface area contributed by atoms with Gasteiger partial charge in [-0.2, -0.15) is 0 Å². The SMILES string of the molecule is C[C@]12CC[C@H]3[C@@H](CC[C@H]4CCCC(O)[C@@]43C)[C@@H]1CC[C@@H]2C(=O)C(O)O. The fraction of sp³-hybridized carbons (Fsp3) is 0.952. The van der Waals surface area contributed by atoms with E-state index in [9.17, 15) is 20.1 Å². The zero-order chi connectivity index (χ0) is 18.0. The van der Waals surface area contributed by atoms with E-state index in [1.807, 2.05) is 0 Å². The lowest BCUT2D eigenvalue weighted by atomic mass is 9.44. The highest BCUT2D eigenvalue weighted by atomic mass is 16.5. The Morgan fingerprint density at radius 2 is 1.72 bits per heavy atom. The lowest BCUT2D eigenvalue weighted by Gasteiger charge is -2.61. The van der Waals surface area contributed by atoms with Crippen LogP contribution in [-0.4, -0.2) is 33.5 Å². The van der Waals surface area contributed by atoms with Crippen LogP contribution in [0.4, 0.5) is 0 Å². The zero-order valence-electron chi connectivity index (χ0n) is 15.7. The normalized spacial score (nSPS) is 52.4. The molecule has 0 bridgehead atoms. The number of Topliss-reactive ketones (excluding diaryl/α,β-unsaturated/α-hetero) is 1. The van der Waals surface area contributed by atoms with Gasteiger partial charge in [0, 0.05) is 5.92 Å². The Morgan fingerprint density at radius 1 is 0.960 bits per heavy atom. The minimum atomic E-state index is -1.83. The van der Waals surface area contributed by atoms with Gasteiger partial charge in [0.15, 0.2) is 5.78 Å². The quantitative estimate of drug-likeness (QED) is 0.669. The minimum absolute atomic E-state index is 0.0427. The van der Waals surface area contributed by atoms with Gasteiger partial charge in [-0.25, -0.2) is 0 Å². The molecule has 0 saturated heterocycles. The van der Waals surface area contributed by atoms with Crippen LogP contribution in [0.1, 0.15) is 71.6 Å². The van der Waals surface area contributed by atoms with E-state index in [4.69, 9.17) is 0 Å². The van der Waals surface area contributed by atoms with Gasteiger partial charge in [-0.15, -0.1) is 0 Å². The number of hydrogen-bond acceptors (Lipinski definition) is 4. The number of ketones is 1. The third kappa shape index (κ3) is 2.40. The van der Waals surface area contributed by atoms with Crippen molar-refractivity contribution in [1.82, 2.24) is 0 Å². The largest absolute Gasteiger partial charge is 0.393 e. The highest BCUT2D eigenvalue weighted by Gasteiger charge is 2.62. The predicted molar refractivity (Wildman–Crippen MR) is 94.5 cm³/mol. The van der Waals surface area contributed by atoms with Gasteiger partial charge >= 0.3 is 0 Å². The van der Waals surface area contributed by atoms with E-state index in [0.29, 0.717) is 23.7 Å². The van der Waals surface area contributed by atoms with E-state index in [-0.39, 0.29) is 28.6 Å². The Hall–Kier alpha value is -0.450. The molecule has 8 atom stereocenters. The summed E-state index contributed by atoms with van der Waals surface area (Å²) in [7, 11) is 0. The zero-order valence-corrected chi connectivity index (χ0v) is 15.7. The van der Waals surface area contributed by atoms with Crippen LogP contribution >= 0.6 is 0 Å². The summed E-state index contributed by atoms with van der Waals surface area (Å²) in [6.07, 6.45) is 7.67. The van der Waals surface area contributed by atoms with Crippen molar-refractivity contribution in [1.29, 1.82) is 0 Å². The molecule has 0 radical (unpaired) electrons. The minimum Gasteiger partial charge on any atom is -0.393 e. The molecule has 0 aromatic heterocycles. The molecule has 4 saturated carbocycles. The predicted octanol–water partition coefficient (Wildman–Crippen LogP) is 2.89. The van der Waals surface area contributed by atoms with Gasteiger partial charge in [-0.1, -0.05) is 20.3 Å². The van der Waals surface area contributed by atoms with Crippen molar-refractivity contribution >= 4 is 5.78 Å². The van der Waals surface area contributed by atoms with Crippen molar-refractivity contribution in [3.05, 3.63) is 0 Å². The van der Waals surface area contributed by atoms with Crippen molar-refractivity contribution in [2.45, 2.75) is 84.0 Å². The molecular formula is C21H34O4. The van der Waals surface area contributed by atoms with Gasteiger partial charge in [0.2, 0.25) is 6.29 Å². The average Bonchev–Trinajstić information content (AvgIpc) is 2.92. The molecule has 3 N–H and O–H groups in total. The first kappa shape index (κ1) is 17.9. The number of carbonyl (C=O) groups is 1. The van der Waals surface area contributed by atoms with Crippen LogP contribution in [-0.2, 0) is 4.79 Å². The summed E-state index contributed by atoms with van der Waals surface area (Å²) < 4.78 is 0. The van der Waals surface area contributed by atoms with E-state index in [2.05, 4.69) is 13.8 Å². The molecule has 0 aromatic rings. The molecule has 1 unspecified atom stereocenters.